The molecule has 2 atom stereocenters. The summed E-state index contributed by atoms with van der Waals surface area (Å²) in [5.74, 6) is 3.00. The van der Waals surface area contributed by atoms with Crippen molar-refractivity contribution in [3.8, 4) is 0 Å². The van der Waals surface area contributed by atoms with Crippen molar-refractivity contribution in [2.45, 2.75) is 71.6 Å². The lowest BCUT2D eigenvalue weighted by Gasteiger charge is -2.33. The fourth-order valence-electron chi connectivity index (χ4n) is 3.12. The monoisotopic (exact) mass is 273 g/mol. The Kier molecular flexibility index (Phi) is 6.01. The van der Waals surface area contributed by atoms with E-state index >= 15 is 0 Å². The molecule has 18 heavy (non-hydrogen) atoms. The Balaban J connectivity index is 2.70. The average molecular weight is 273 g/mol. The lowest BCUT2D eigenvalue weighted by Crippen LogP contribution is -2.46. The molecule has 0 saturated carbocycles. The first-order valence-corrected chi connectivity index (χ1v) is 8.49. The standard InChI is InChI=1S/C15H31NOS/c1-7-9-16-13(11-18-8-2)12-10-14(3,4)17-15(12,5)6/h12-13,16H,7-11H2,1-6H3. The fourth-order valence-corrected chi connectivity index (χ4v) is 3.96. The van der Waals surface area contributed by atoms with Crippen LogP contribution in [0.4, 0.5) is 0 Å². The first-order valence-electron chi connectivity index (χ1n) is 7.33. The van der Waals surface area contributed by atoms with Crippen LogP contribution in [0.15, 0.2) is 0 Å². The maximum atomic E-state index is 6.24. The summed E-state index contributed by atoms with van der Waals surface area (Å²) in [7, 11) is 0. The van der Waals surface area contributed by atoms with Crippen LogP contribution in [-0.2, 0) is 4.74 Å². The van der Waals surface area contributed by atoms with Crippen molar-refractivity contribution in [2.24, 2.45) is 5.92 Å². The molecule has 108 valence electrons. The van der Waals surface area contributed by atoms with Crippen molar-refractivity contribution in [1.29, 1.82) is 0 Å². The minimum absolute atomic E-state index is 0.0107. The largest absolute Gasteiger partial charge is 0.369 e. The van der Waals surface area contributed by atoms with Crippen molar-refractivity contribution >= 4 is 11.8 Å². The van der Waals surface area contributed by atoms with Gasteiger partial charge in [-0.1, -0.05) is 13.8 Å². The molecule has 1 N–H and O–H groups in total. The molecule has 1 heterocycles. The summed E-state index contributed by atoms with van der Waals surface area (Å²) in [6, 6.07) is 0.576. The molecule has 0 aromatic heterocycles. The molecule has 0 amide bonds. The molecular weight excluding hydrogens is 242 g/mol. The Morgan fingerprint density at radius 2 is 1.94 bits per heavy atom. The highest BCUT2D eigenvalue weighted by molar-refractivity contribution is 7.99. The van der Waals surface area contributed by atoms with Gasteiger partial charge in [0.05, 0.1) is 11.2 Å². The van der Waals surface area contributed by atoms with E-state index in [0.29, 0.717) is 12.0 Å². The number of hydrogen-bond acceptors (Lipinski definition) is 3. The van der Waals surface area contributed by atoms with Gasteiger partial charge in [0.15, 0.2) is 0 Å². The summed E-state index contributed by atoms with van der Waals surface area (Å²) in [5, 5.41) is 3.74. The Morgan fingerprint density at radius 3 is 2.39 bits per heavy atom. The van der Waals surface area contributed by atoms with E-state index in [0.717, 1.165) is 13.0 Å². The van der Waals surface area contributed by atoms with Gasteiger partial charge in [0, 0.05) is 17.7 Å². The van der Waals surface area contributed by atoms with E-state index in [1.165, 1.54) is 17.9 Å². The molecule has 0 bridgehead atoms. The van der Waals surface area contributed by atoms with Crippen LogP contribution in [0.5, 0.6) is 0 Å². The Hall–Kier alpha value is 0.270. The number of nitrogens with one attached hydrogen (secondary N) is 1. The zero-order valence-corrected chi connectivity index (χ0v) is 13.8. The van der Waals surface area contributed by atoms with Crippen molar-refractivity contribution in [3.63, 3.8) is 0 Å². The highest BCUT2D eigenvalue weighted by atomic mass is 32.2. The van der Waals surface area contributed by atoms with E-state index in [1.54, 1.807) is 0 Å². The number of thioether (sulfide) groups is 1. The maximum Gasteiger partial charge on any atom is 0.0678 e. The summed E-state index contributed by atoms with van der Waals surface area (Å²) in [6.07, 6.45) is 2.36. The van der Waals surface area contributed by atoms with Crippen LogP contribution in [0.1, 0.15) is 54.4 Å². The van der Waals surface area contributed by atoms with E-state index in [1.807, 2.05) is 11.8 Å². The normalized spacial score (nSPS) is 27.3. The van der Waals surface area contributed by atoms with Crippen LogP contribution in [0.25, 0.3) is 0 Å². The van der Waals surface area contributed by atoms with Crippen molar-refractivity contribution < 1.29 is 4.74 Å². The highest BCUT2D eigenvalue weighted by Crippen LogP contribution is 2.44. The second-order valence-corrected chi connectivity index (χ2v) is 7.81. The molecule has 0 spiro atoms. The molecule has 1 rings (SSSR count). The Morgan fingerprint density at radius 1 is 1.28 bits per heavy atom. The molecule has 0 aliphatic carbocycles. The molecular formula is C15H31NOS. The second-order valence-electron chi connectivity index (χ2n) is 6.50. The van der Waals surface area contributed by atoms with Gasteiger partial charge in [-0.25, -0.2) is 0 Å². The minimum atomic E-state index is -0.0107. The van der Waals surface area contributed by atoms with Gasteiger partial charge < -0.3 is 10.1 Å². The predicted molar refractivity (Wildman–Crippen MR) is 82.4 cm³/mol. The Bertz CT molecular complexity index is 245. The topological polar surface area (TPSA) is 21.3 Å². The molecule has 0 aromatic carbocycles. The van der Waals surface area contributed by atoms with E-state index in [4.69, 9.17) is 4.74 Å². The van der Waals surface area contributed by atoms with Gasteiger partial charge in [-0.15, -0.1) is 0 Å². The Labute approximate surface area is 118 Å². The third-order valence-electron chi connectivity index (χ3n) is 3.79. The number of rotatable bonds is 7. The molecule has 1 aliphatic heterocycles. The fraction of sp³-hybridized carbons (Fsp3) is 1.00. The average Bonchev–Trinajstić information content (AvgIpc) is 2.47. The summed E-state index contributed by atoms with van der Waals surface area (Å²) in [5.41, 5.74) is 0.0143. The first-order chi connectivity index (χ1) is 8.32. The molecule has 2 unspecified atom stereocenters. The number of hydrogen-bond donors (Lipinski definition) is 1. The predicted octanol–water partition coefficient (Wildman–Crippen LogP) is 3.70. The molecule has 3 heteroatoms. The van der Waals surface area contributed by atoms with Gasteiger partial charge in [-0.2, -0.15) is 11.8 Å². The zero-order valence-electron chi connectivity index (χ0n) is 13.0. The van der Waals surface area contributed by atoms with Crippen LogP contribution in [0, 0.1) is 5.92 Å². The van der Waals surface area contributed by atoms with Gasteiger partial charge in [0.25, 0.3) is 0 Å². The molecule has 1 aliphatic rings. The van der Waals surface area contributed by atoms with Crippen molar-refractivity contribution in [3.05, 3.63) is 0 Å². The van der Waals surface area contributed by atoms with Gasteiger partial charge in [0.2, 0.25) is 0 Å². The van der Waals surface area contributed by atoms with Crippen LogP contribution >= 0.6 is 11.8 Å². The second kappa shape index (κ2) is 6.62. The van der Waals surface area contributed by atoms with E-state index < -0.39 is 0 Å². The molecule has 1 saturated heterocycles. The molecule has 0 radical (unpaired) electrons. The third kappa shape index (κ3) is 4.43. The van der Waals surface area contributed by atoms with Gasteiger partial charge in [0.1, 0.15) is 0 Å². The van der Waals surface area contributed by atoms with Crippen molar-refractivity contribution in [1.82, 2.24) is 5.32 Å². The SMILES string of the molecule is CCCNC(CSCC)C1CC(C)(C)OC1(C)C. The first kappa shape index (κ1) is 16.3. The molecule has 1 fully saturated rings. The van der Waals surface area contributed by atoms with Crippen LogP contribution in [0.3, 0.4) is 0 Å². The van der Waals surface area contributed by atoms with Crippen LogP contribution in [-0.4, -0.2) is 35.3 Å². The summed E-state index contributed by atoms with van der Waals surface area (Å²) in [6.45, 7) is 14.5. The van der Waals surface area contributed by atoms with E-state index in [2.05, 4.69) is 46.9 Å². The lowest BCUT2D eigenvalue weighted by atomic mass is 9.82. The minimum Gasteiger partial charge on any atom is -0.369 e. The van der Waals surface area contributed by atoms with Gasteiger partial charge in [-0.3, -0.25) is 0 Å². The summed E-state index contributed by atoms with van der Waals surface area (Å²) in [4.78, 5) is 0. The zero-order chi connectivity index (χ0) is 13.8. The van der Waals surface area contributed by atoms with Gasteiger partial charge in [-0.05, 0) is 52.8 Å². The lowest BCUT2D eigenvalue weighted by molar-refractivity contribution is -0.0769. The summed E-state index contributed by atoms with van der Waals surface area (Å²) >= 11 is 2.04. The summed E-state index contributed by atoms with van der Waals surface area (Å²) < 4.78 is 6.24. The highest BCUT2D eigenvalue weighted by Gasteiger charge is 2.48. The van der Waals surface area contributed by atoms with E-state index in [-0.39, 0.29) is 11.2 Å². The quantitative estimate of drug-likeness (QED) is 0.764. The van der Waals surface area contributed by atoms with Crippen molar-refractivity contribution in [2.75, 3.05) is 18.1 Å². The van der Waals surface area contributed by atoms with Crippen LogP contribution in [0.2, 0.25) is 0 Å². The molecule has 0 aromatic rings. The third-order valence-corrected chi connectivity index (χ3v) is 4.79. The van der Waals surface area contributed by atoms with Crippen LogP contribution < -0.4 is 5.32 Å². The number of ether oxygens (including phenoxy) is 1. The molecule has 2 nitrogen and oxygen atoms in total. The van der Waals surface area contributed by atoms with Gasteiger partial charge >= 0.3 is 0 Å². The van der Waals surface area contributed by atoms with E-state index in [9.17, 15) is 0 Å². The smallest absolute Gasteiger partial charge is 0.0678 e. The maximum absolute atomic E-state index is 6.24.